The van der Waals surface area contributed by atoms with Gasteiger partial charge in [0.15, 0.2) is 5.65 Å². The van der Waals surface area contributed by atoms with Gasteiger partial charge < -0.3 is 10.2 Å². The fourth-order valence-corrected chi connectivity index (χ4v) is 4.31. The molecule has 31 heavy (non-hydrogen) atoms. The van der Waals surface area contributed by atoms with Crippen molar-refractivity contribution in [3.8, 4) is 0 Å². The fourth-order valence-electron chi connectivity index (χ4n) is 4.31. The largest absolute Gasteiger partial charge is 0.422 e. The van der Waals surface area contributed by atoms with Crippen LogP contribution in [-0.2, 0) is 12.6 Å². The van der Waals surface area contributed by atoms with Crippen LogP contribution in [0.2, 0.25) is 0 Å². The van der Waals surface area contributed by atoms with Crippen molar-refractivity contribution >= 4 is 17.0 Å². The van der Waals surface area contributed by atoms with Crippen molar-refractivity contribution in [3.05, 3.63) is 53.7 Å². The number of piperidine rings is 1. The number of alkyl halides is 3. The molecule has 1 N–H and O–H groups in total. The molecule has 3 heterocycles. The first-order valence-electron chi connectivity index (χ1n) is 10.6. The Bertz CT molecular complexity index is 1080. The van der Waals surface area contributed by atoms with Crippen molar-refractivity contribution in [1.29, 1.82) is 0 Å². The molecule has 1 saturated carbocycles. The van der Waals surface area contributed by atoms with Gasteiger partial charge >= 0.3 is 6.18 Å². The van der Waals surface area contributed by atoms with Crippen molar-refractivity contribution < 1.29 is 17.6 Å². The third-order valence-electron chi connectivity index (χ3n) is 6.15. The van der Waals surface area contributed by atoms with E-state index < -0.39 is 11.7 Å². The molecule has 0 unspecified atom stereocenters. The lowest BCUT2D eigenvalue weighted by Crippen LogP contribution is -2.40. The van der Waals surface area contributed by atoms with Crippen LogP contribution in [0, 0.1) is 11.7 Å². The zero-order valence-corrected chi connectivity index (χ0v) is 16.9. The summed E-state index contributed by atoms with van der Waals surface area (Å²) in [6.45, 7) is 0.878. The van der Waals surface area contributed by atoms with Gasteiger partial charge in [0.2, 0.25) is 0 Å². The molecule has 0 amide bonds. The molecule has 5 rings (SSSR count). The smallest absolute Gasteiger partial charge is 0.380 e. The van der Waals surface area contributed by atoms with Crippen LogP contribution in [0.1, 0.15) is 37.1 Å². The lowest BCUT2D eigenvalue weighted by atomic mass is 10.0. The van der Waals surface area contributed by atoms with Crippen LogP contribution in [-0.4, -0.2) is 33.7 Å². The first-order valence-corrected chi connectivity index (χ1v) is 10.6. The van der Waals surface area contributed by atoms with Crippen molar-refractivity contribution in [2.24, 2.45) is 5.92 Å². The van der Waals surface area contributed by atoms with E-state index in [1.807, 2.05) is 0 Å². The van der Waals surface area contributed by atoms with E-state index in [0.717, 1.165) is 12.8 Å². The van der Waals surface area contributed by atoms with E-state index >= 15 is 0 Å². The number of halogens is 4. The summed E-state index contributed by atoms with van der Waals surface area (Å²) in [7, 11) is 0. The Kier molecular flexibility index (Phi) is 4.98. The zero-order valence-electron chi connectivity index (χ0n) is 16.9. The maximum absolute atomic E-state index is 14.1. The van der Waals surface area contributed by atoms with Gasteiger partial charge in [-0.1, -0.05) is 12.1 Å². The number of anilines is 2. The predicted molar refractivity (Wildman–Crippen MR) is 110 cm³/mol. The third kappa shape index (κ3) is 4.05. The van der Waals surface area contributed by atoms with Crippen molar-refractivity contribution in [2.45, 2.75) is 44.3 Å². The molecule has 2 aliphatic rings. The Balaban J connectivity index is 1.38. The number of hydrogen-bond donors (Lipinski definition) is 1. The van der Waals surface area contributed by atoms with Crippen molar-refractivity contribution in [1.82, 2.24) is 14.6 Å². The van der Waals surface area contributed by atoms with Gasteiger partial charge in [-0.3, -0.25) is 4.40 Å². The molecule has 1 aromatic carbocycles. The Morgan fingerprint density at radius 1 is 1.00 bits per heavy atom. The Morgan fingerprint density at radius 2 is 1.74 bits per heavy atom. The molecule has 164 valence electrons. The van der Waals surface area contributed by atoms with Crippen LogP contribution >= 0.6 is 0 Å². The summed E-state index contributed by atoms with van der Waals surface area (Å²) in [5.74, 6) is 0.758. The second-order valence-corrected chi connectivity index (χ2v) is 8.42. The summed E-state index contributed by atoms with van der Waals surface area (Å²) in [6, 6.07) is 7.96. The minimum Gasteiger partial charge on any atom is -0.380 e. The molecule has 5 nitrogen and oxygen atoms in total. The second-order valence-electron chi connectivity index (χ2n) is 8.42. The first-order chi connectivity index (χ1) is 14.9. The van der Waals surface area contributed by atoms with Gasteiger partial charge in [-0.15, -0.1) is 10.2 Å². The van der Waals surface area contributed by atoms with Gasteiger partial charge in [0.25, 0.3) is 0 Å². The minimum absolute atomic E-state index is 0.00412. The number of rotatable bonds is 5. The minimum atomic E-state index is -4.54. The second kappa shape index (κ2) is 7.69. The summed E-state index contributed by atoms with van der Waals surface area (Å²) in [6.07, 6.45) is 1.17. The molecule has 9 heteroatoms. The molecule has 0 atom stereocenters. The van der Waals surface area contributed by atoms with Crippen LogP contribution in [0.25, 0.3) is 5.65 Å². The molecule has 1 aliphatic carbocycles. The predicted octanol–water partition coefficient (Wildman–Crippen LogP) is 4.92. The van der Waals surface area contributed by atoms with Gasteiger partial charge in [0.1, 0.15) is 17.2 Å². The number of benzene rings is 1. The van der Waals surface area contributed by atoms with E-state index in [2.05, 4.69) is 15.5 Å². The van der Waals surface area contributed by atoms with E-state index in [9.17, 15) is 17.6 Å². The number of para-hydroxylation sites is 1. The van der Waals surface area contributed by atoms with Crippen LogP contribution in [0.15, 0.2) is 36.5 Å². The van der Waals surface area contributed by atoms with Crippen molar-refractivity contribution in [2.75, 3.05) is 23.3 Å². The quantitative estimate of drug-likeness (QED) is 0.580. The third-order valence-corrected chi connectivity index (χ3v) is 6.15. The normalized spacial score (nSPS) is 18.0. The van der Waals surface area contributed by atoms with Gasteiger partial charge in [-0.2, -0.15) is 13.2 Å². The Hall–Kier alpha value is -2.84. The van der Waals surface area contributed by atoms with E-state index in [-0.39, 0.29) is 23.2 Å². The van der Waals surface area contributed by atoms with Crippen LogP contribution in [0.4, 0.5) is 28.9 Å². The number of nitrogens with zero attached hydrogens (tertiary/aromatic N) is 4. The summed E-state index contributed by atoms with van der Waals surface area (Å²) in [5, 5.41) is 11.1. The van der Waals surface area contributed by atoms with Crippen LogP contribution in [0.3, 0.4) is 0 Å². The molecule has 2 fully saturated rings. The first kappa shape index (κ1) is 20.1. The maximum Gasteiger partial charge on any atom is 0.422 e. The molecule has 1 saturated heterocycles. The molecule has 0 radical (unpaired) electrons. The van der Waals surface area contributed by atoms with E-state index in [1.165, 1.54) is 16.5 Å². The maximum atomic E-state index is 14.1. The topological polar surface area (TPSA) is 45.5 Å². The van der Waals surface area contributed by atoms with E-state index in [4.69, 9.17) is 0 Å². The number of hydrogen-bond acceptors (Lipinski definition) is 4. The molecular formula is C22H23F4N5. The lowest BCUT2D eigenvalue weighted by molar-refractivity contribution is -0.136. The summed E-state index contributed by atoms with van der Waals surface area (Å²) < 4.78 is 57.6. The molecule has 3 aromatic rings. The standard InChI is InChI=1S/C22H23F4N5/c23-16-3-1-2-4-17(16)27-15-7-10-30(11-8-15)18-9-12-31-19(13-14-5-6-14)28-29-21(31)20(18)22(24,25)26/h1-4,9,12,14-15,27H,5-8,10-11,13H2. The highest BCUT2D eigenvalue weighted by Gasteiger charge is 2.40. The number of pyridine rings is 1. The number of nitrogens with one attached hydrogen (secondary N) is 1. The average Bonchev–Trinajstić information content (AvgIpc) is 3.47. The van der Waals surface area contributed by atoms with Crippen molar-refractivity contribution in [3.63, 3.8) is 0 Å². The fraction of sp³-hybridized carbons (Fsp3) is 0.455. The van der Waals surface area contributed by atoms with Gasteiger partial charge in [0.05, 0.1) is 11.4 Å². The molecule has 2 aromatic heterocycles. The molecular weight excluding hydrogens is 410 g/mol. The number of fused-ring (bicyclic) bond motifs is 1. The summed E-state index contributed by atoms with van der Waals surface area (Å²) in [4.78, 5) is 1.75. The highest BCUT2D eigenvalue weighted by Crippen LogP contribution is 2.41. The summed E-state index contributed by atoms with van der Waals surface area (Å²) >= 11 is 0. The van der Waals surface area contributed by atoms with Gasteiger partial charge in [-0.25, -0.2) is 4.39 Å². The van der Waals surface area contributed by atoms with Gasteiger partial charge in [0, 0.05) is 31.7 Å². The molecule has 0 bridgehead atoms. The van der Waals surface area contributed by atoms with Crippen LogP contribution < -0.4 is 10.2 Å². The van der Waals surface area contributed by atoms with E-state index in [0.29, 0.717) is 49.8 Å². The Labute approximate surface area is 177 Å². The monoisotopic (exact) mass is 433 g/mol. The average molecular weight is 433 g/mol. The number of aromatic nitrogens is 3. The summed E-state index contributed by atoms with van der Waals surface area (Å²) in [5.41, 5.74) is -0.308. The Morgan fingerprint density at radius 3 is 2.42 bits per heavy atom. The lowest BCUT2D eigenvalue weighted by Gasteiger charge is -2.35. The highest BCUT2D eigenvalue weighted by molar-refractivity contribution is 5.67. The molecule has 0 spiro atoms. The van der Waals surface area contributed by atoms with Gasteiger partial charge in [-0.05, 0) is 49.8 Å². The molecule has 1 aliphatic heterocycles. The van der Waals surface area contributed by atoms with E-state index in [1.54, 1.807) is 29.3 Å². The SMILES string of the molecule is Fc1ccccc1NC1CCN(c2ccn3c(CC4CC4)nnc3c2C(F)(F)F)CC1. The van der Waals surface area contributed by atoms with Crippen LogP contribution in [0.5, 0.6) is 0 Å². The zero-order chi connectivity index (χ0) is 21.6. The highest BCUT2D eigenvalue weighted by atomic mass is 19.4.